The number of halogens is 1. The molecular formula is C10H11BrN4O. The molecule has 0 aromatic carbocycles. The van der Waals surface area contributed by atoms with Crippen LogP contribution in [0.4, 0.5) is 0 Å². The van der Waals surface area contributed by atoms with E-state index in [2.05, 4.69) is 30.7 Å². The maximum atomic E-state index is 5.89. The quantitative estimate of drug-likeness (QED) is 0.862. The smallest absolute Gasteiger partial charge is 0.199 e. The molecule has 2 aromatic heterocycles. The lowest BCUT2D eigenvalue weighted by Gasteiger charge is -2.19. The van der Waals surface area contributed by atoms with Crippen LogP contribution in [0.2, 0.25) is 0 Å². The molecule has 0 saturated carbocycles. The van der Waals surface area contributed by atoms with Crippen LogP contribution in [0.25, 0.3) is 11.6 Å². The Morgan fingerprint density at radius 1 is 1.44 bits per heavy atom. The molecule has 1 aliphatic heterocycles. The van der Waals surface area contributed by atoms with E-state index in [1.54, 1.807) is 0 Å². The predicted molar refractivity (Wildman–Crippen MR) is 61.7 cm³/mol. The van der Waals surface area contributed by atoms with Gasteiger partial charge in [0.15, 0.2) is 16.3 Å². The van der Waals surface area contributed by atoms with Crippen molar-refractivity contribution in [2.75, 3.05) is 0 Å². The highest BCUT2D eigenvalue weighted by Gasteiger charge is 2.22. The van der Waals surface area contributed by atoms with Crippen LogP contribution in [0.1, 0.15) is 12.2 Å². The van der Waals surface area contributed by atoms with E-state index < -0.39 is 0 Å². The molecule has 0 fully saturated rings. The molecule has 2 N–H and O–H groups in total. The number of fused-ring (bicyclic) bond motifs is 1. The average molecular weight is 283 g/mol. The molecule has 0 radical (unpaired) electrons. The molecule has 1 unspecified atom stereocenters. The fourth-order valence-corrected chi connectivity index (χ4v) is 2.28. The van der Waals surface area contributed by atoms with Crippen molar-refractivity contribution >= 4 is 15.9 Å². The fourth-order valence-electron chi connectivity index (χ4n) is 1.97. The Kier molecular flexibility index (Phi) is 2.33. The van der Waals surface area contributed by atoms with E-state index >= 15 is 0 Å². The summed E-state index contributed by atoms with van der Waals surface area (Å²) in [5, 5.41) is 8.31. The van der Waals surface area contributed by atoms with Gasteiger partial charge in [-0.15, -0.1) is 10.2 Å². The first-order valence-corrected chi connectivity index (χ1v) is 5.96. The molecule has 0 aliphatic carbocycles. The van der Waals surface area contributed by atoms with Gasteiger partial charge in [-0.1, -0.05) is 0 Å². The molecule has 0 amide bonds. The third-order valence-corrected chi connectivity index (χ3v) is 3.22. The number of furan rings is 1. The molecule has 84 valence electrons. The summed E-state index contributed by atoms with van der Waals surface area (Å²) in [4.78, 5) is 0. The standard InChI is InChI=1S/C10H11BrN4O/c11-8-2-1-7(16-8)10-14-13-9-5-6(12)3-4-15(9)10/h1-2,6H,3-5,12H2. The summed E-state index contributed by atoms with van der Waals surface area (Å²) >= 11 is 3.28. The minimum absolute atomic E-state index is 0.202. The van der Waals surface area contributed by atoms with Gasteiger partial charge in [0.1, 0.15) is 5.82 Å². The number of rotatable bonds is 1. The van der Waals surface area contributed by atoms with Crippen LogP contribution in [-0.2, 0) is 13.0 Å². The summed E-state index contributed by atoms with van der Waals surface area (Å²) in [5.74, 6) is 2.47. The summed E-state index contributed by atoms with van der Waals surface area (Å²) in [6.07, 6.45) is 1.74. The molecule has 16 heavy (non-hydrogen) atoms. The van der Waals surface area contributed by atoms with Crippen molar-refractivity contribution in [2.45, 2.75) is 25.4 Å². The van der Waals surface area contributed by atoms with Gasteiger partial charge < -0.3 is 14.7 Å². The van der Waals surface area contributed by atoms with Crippen molar-refractivity contribution in [3.05, 3.63) is 22.6 Å². The van der Waals surface area contributed by atoms with Crippen molar-refractivity contribution in [1.82, 2.24) is 14.8 Å². The second-order valence-electron chi connectivity index (χ2n) is 3.95. The van der Waals surface area contributed by atoms with Gasteiger partial charge in [0.05, 0.1) is 0 Å². The largest absolute Gasteiger partial charge is 0.446 e. The molecular weight excluding hydrogens is 272 g/mol. The Labute approximate surface area is 101 Å². The lowest BCUT2D eigenvalue weighted by atomic mass is 10.1. The van der Waals surface area contributed by atoms with E-state index in [1.165, 1.54) is 0 Å². The molecule has 2 aromatic rings. The van der Waals surface area contributed by atoms with Crippen LogP contribution >= 0.6 is 15.9 Å². The fraction of sp³-hybridized carbons (Fsp3) is 0.400. The Morgan fingerprint density at radius 3 is 3.06 bits per heavy atom. The molecule has 3 rings (SSSR count). The van der Waals surface area contributed by atoms with E-state index in [4.69, 9.17) is 10.2 Å². The Hall–Kier alpha value is -1.14. The molecule has 1 aliphatic rings. The van der Waals surface area contributed by atoms with Crippen molar-refractivity contribution in [3.63, 3.8) is 0 Å². The van der Waals surface area contributed by atoms with Crippen molar-refractivity contribution in [3.8, 4) is 11.6 Å². The summed E-state index contributed by atoms with van der Waals surface area (Å²) in [5.41, 5.74) is 5.89. The summed E-state index contributed by atoms with van der Waals surface area (Å²) < 4.78 is 8.26. The van der Waals surface area contributed by atoms with Crippen molar-refractivity contribution in [2.24, 2.45) is 5.73 Å². The van der Waals surface area contributed by atoms with Gasteiger partial charge in [-0.3, -0.25) is 0 Å². The molecule has 3 heterocycles. The first kappa shape index (κ1) is 10.0. The van der Waals surface area contributed by atoms with Gasteiger partial charge in [0.25, 0.3) is 0 Å². The average Bonchev–Trinajstić information content (AvgIpc) is 2.83. The van der Waals surface area contributed by atoms with Crippen LogP contribution in [-0.4, -0.2) is 20.8 Å². The molecule has 1 atom stereocenters. The topological polar surface area (TPSA) is 69.9 Å². The number of hydrogen-bond donors (Lipinski definition) is 1. The molecule has 0 spiro atoms. The molecule has 0 bridgehead atoms. The Bertz CT molecular complexity index is 519. The molecule has 0 saturated heterocycles. The highest BCUT2D eigenvalue weighted by atomic mass is 79.9. The number of hydrogen-bond acceptors (Lipinski definition) is 4. The second-order valence-corrected chi connectivity index (χ2v) is 4.73. The van der Waals surface area contributed by atoms with E-state index in [0.29, 0.717) is 4.67 Å². The van der Waals surface area contributed by atoms with Gasteiger partial charge in [-0.25, -0.2) is 0 Å². The first-order chi connectivity index (χ1) is 7.74. The van der Waals surface area contributed by atoms with Crippen LogP contribution in [0.5, 0.6) is 0 Å². The summed E-state index contributed by atoms with van der Waals surface area (Å²) in [6, 6.07) is 3.94. The number of aromatic nitrogens is 3. The summed E-state index contributed by atoms with van der Waals surface area (Å²) in [7, 11) is 0. The highest BCUT2D eigenvalue weighted by molar-refractivity contribution is 9.10. The lowest BCUT2D eigenvalue weighted by Crippen LogP contribution is -2.31. The van der Waals surface area contributed by atoms with E-state index in [0.717, 1.165) is 36.8 Å². The maximum Gasteiger partial charge on any atom is 0.199 e. The normalized spacial score (nSPS) is 19.8. The van der Waals surface area contributed by atoms with Crippen molar-refractivity contribution < 1.29 is 4.42 Å². The van der Waals surface area contributed by atoms with Gasteiger partial charge in [-0.2, -0.15) is 0 Å². The SMILES string of the molecule is NC1CCn2c(nnc2-c2ccc(Br)o2)C1. The van der Waals surface area contributed by atoms with E-state index in [9.17, 15) is 0 Å². The monoisotopic (exact) mass is 282 g/mol. The zero-order valence-corrected chi connectivity index (χ0v) is 10.1. The van der Waals surface area contributed by atoms with Crippen LogP contribution in [0.3, 0.4) is 0 Å². The number of nitrogens with zero attached hydrogens (tertiary/aromatic N) is 3. The van der Waals surface area contributed by atoms with Crippen LogP contribution < -0.4 is 5.73 Å². The molecule has 5 nitrogen and oxygen atoms in total. The van der Waals surface area contributed by atoms with Gasteiger partial charge in [-0.05, 0) is 34.5 Å². The van der Waals surface area contributed by atoms with Gasteiger partial charge >= 0.3 is 0 Å². The number of nitrogens with two attached hydrogens (primary N) is 1. The summed E-state index contributed by atoms with van der Waals surface area (Å²) in [6.45, 7) is 0.858. The van der Waals surface area contributed by atoms with Crippen LogP contribution in [0.15, 0.2) is 21.2 Å². The lowest BCUT2D eigenvalue weighted by molar-refractivity contribution is 0.460. The van der Waals surface area contributed by atoms with Crippen molar-refractivity contribution in [1.29, 1.82) is 0 Å². The van der Waals surface area contributed by atoms with Crippen LogP contribution in [0, 0.1) is 0 Å². The third-order valence-electron chi connectivity index (χ3n) is 2.79. The minimum atomic E-state index is 0.202. The maximum absolute atomic E-state index is 5.89. The second kappa shape index (κ2) is 3.71. The van der Waals surface area contributed by atoms with Gasteiger partial charge in [0, 0.05) is 19.0 Å². The zero-order chi connectivity index (χ0) is 11.1. The zero-order valence-electron chi connectivity index (χ0n) is 8.56. The minimum Gasteiger partial charge on any atom is -0.446 e. The van der Waals surface area contributed by atoms with E-state index in [1.807, 2.05) is 12.1 Å². The predicted octanol–water partition coefficient (Wildman–Crippen LogP) is 1.57. The van der Waals surface area contributed by atoms with E-state index in [-0.39, 0.29) is 6.04 Å². The first-order valence-electron chi connectivity index (χ1n) is 5.17. The third kappa shape index (κ3) is 1.58. The van der Waals surface area contributed by atoms with Gasteiger partial charge in [0.2, 0.25) is 0 Å². The Balaban J connectivity index is 2.03. The highest BCUT2D eigenvalue weighted by Crippen LogP contribution is 2.26. The Morgan fingerprint density at radius 2 is 2.31 bits per heavy atom. The molecule has 6 heteroatoms.